The van der Waals surface area contributed by atoms with Crippen molar-refractivity contribution in [2.45, 2.75) is 12.8 Å². The van der Waals surface area contributed by atoms with Crippen molar-refractivity contribution in [3.63, 3.8) is 0 Å². The Morgan fingerprint density at radius 1 is 1.11 bits per heavy atom. The highest BCUT2D eigenvalue weighted by atomic mass is 16.4. The normalized spacial score (nSPS) is 16.8. The Bertz CT molecular complexity index is 373. The zero-order valence-corrected chi connectivity index (χ0v) is 10.6. The van der Waals surface area contributed by atoms with Gasteiger partial charge in [0.05, 0.1) is 0 Å². The van der Waals surface area contributed by atoms with Crippen LogP contribution in [0.2, 0.25) is 0 Å². The summed E-state index contributed by atoms with van der Waals surface area (Å²) in [5, 5.41) is 8.61. The molecule has 18 heavy (non-hydrogen) atoms. The van der Waals surface area contributed by atoms with Crippen LogP contribution in [0.25, 0.3) is 0 Å². The lowest BCUT2D eigenvalue weighted by molar-refractivity contribution is -0.137. The van der Waals surface area contributed by atoms with Gasteiger partial charge in [0.2, 0.25) is 0 Å². The predicted molar refractivity (Wildman–Crippen MR) is 72.0 cm³/mol. The molecule has 0 aromatic heterocycles. The van der Waals surface area contributed by atoms with E-state index in [2.05, 4.69) is 34.1 Å². The van der Waals surface area contributed by atoms with Crippen LogP contribution in [0.1, 0.15) is 12.8 Å². The van der Waals surface area contributed by atoms with E-state index in [-0.39, 0.29) is 6.42 Å². The third-order valence-electron chi connectivity index (χ3n) is 3.36. The van der Waals surface area contributed by atoms with Crippen LogP contribution in [0.5, 0.6) is 0 Å². The second-order valence-electron chi connectivity index (χ2n) is 4.66. The summed E-state index contributed by atoms with van der Waals surface area (Å²) in [6, 6.07) is 10.4. The molecule has 4 nitrogen and oxygen atoms in total. The summed E-state index contributed by atoms with van der Waals surface area (Å²) < 4.78 is 0. The highest BCUT2D eigenvalue weighted by Gasteiger charge is 2.16. The van der Waals surface area contributed by atoms with E-state index in [1.807, 2.05) is 6.07 Å². The summed E-state index contributed by atoms with van der Waals surface area (Å²) in [6.07, 6.45) is 1.03. The van der Waals surface area contributed by atoms with Gasteiger partial charge in [-0.2, -0.15) is 0 Å². The predicted octanol–water partition coefficient (Wildman–Crippen LogP) is 1.67. The molecule has 0 unspecified atom stereocenters. The number of benzene rings is 1. The average Bonchev–Trinajstić information content (AvgIpc) is 2.40. The second-order valence-corrected chi connectivity index (χ2v) is 4.66. The van der Waals surface area contributed by atoms with Crippen molar-refractivity contribution >= 4 is 11.7 Å². The van der Waals surface area contributed by atoms with Crippen molar-refractivity contribution in [1.82, 2.24) is 4.90 Å². The molecule has 4 heteroatoms. The maximum absolute atomic E-state index is 10.5. The van der Waals surface area contributed by atoms with E-state index >= 15 is 0 Å². The second kappa shape index (κ2) is 6.40. The van der Waals surface area contributed by atoms with Crippen molar-refractivity contribution in [2.24, 2.45) is 0 Å². The number of carboxylic acids is 1. The van der Waals surface area contributed by atoms with Crippen LogP contribution in [-0.2, 0) is 4.79 Å². The number of para-hydroxylation sites is 1. The molecular weight excluding hydrogens is 228 g/mol. The van der Waals surface area contributed by atoms with Crippen molar-refractivity contribution in [2.75, 3.05) is 37.6 Å². The van der Waals surface area contributed by atoms with Gasteiger partial charge in [-0.3, -0.25) is 9.69 Å². The Morgan fingerprint density at radius 2 is 1.78 bits per heavy atom. The van der Waals surface area contributed by atoms with Gasteiger partial charge in [0, 0.05) is 38.3 Å². The number of rotatable bonds is 5. The van der Waals surface area contributed by atoms with Gasteiger partial charge in [-0.1, -0.05) is 18.2 Å². The number of piperazine rings is 1. The number of nitrogens with zero attached hydrogens (tertiary/aromatic N) is 2. The number of hydrogen-bond donors (Lipinski definition) is 1. The molecule has 0 atom stereocenters. The molecule has 1 fully saturated rings. The number of hydrogen-bond acceptors (Lipinski definition) is 3. The molecule has 1 aliphatic heterocycles. The molecule has 2 rings (SSSR count). The molecule has 0 bridgehead atoms. The molecule has 1 N–H and O–H groups in total. The number of carboxylic acid groups (broad SMARTS) is 1. The molecule has 0 amide bonds. The molecule has 0 saturated carbocycles. The molecule has 0 spiro atoms. The minimum atomic E-state index is -0.696. The molecule has 1 heterocycles. The third kappa shape index (κ3) is 3.74. The van der Waals surface area contributed by atoms with E-state index in [9.17, 15) is 4.79 Å². The van der Waals surface area contributed by atoms with E-state index in [0.29, 0.717) is 0 Å². The summed E-state index contributed by atoms with van der Waals surface area (Å²) in [6.45, 7) is 4.99. The monoisotopic (exact) mass is 248 g/mol. The van der Waals surface area contributed by atoms with Gasteiger partial charge >= 0.3 is 5.97 Å². The van der Waals surface area contributed by atoms with Gasteiger partial charge < -0.3 is 10.0 Å². The van der Waals surface area contributed by atoms with E-state index < -0.39 is 5.97 Å². The first-order chi connectivity index (χ1) is 8.75. The van der Waals surface area contributed by atoms with Crippen LogP contribution in [0.3, 0.4) is 0 Å². The van der Waals surface area contributed by atoms with Crippen molar-refractivity contribution < 1.29 is 9.90 Å². The van der Waals surface area contributed by atoms with Crippen LogP contribution in [0.15, 0.2) is 30.3 Å². The van der Waals surface area contributed by atoms with Crippen molar-refractivity contribution in [3.05, 3.63) is 30.3 Å². The van der Waals surface area contributed by atoms with Crippen LogP contribution < -0.4 is 4.90 Å². The summed E-state index contributed by atoms with van der Waals surface area (Å²) in [4.78, 5) is 15.2. The Hall–Kier alpha value is -1.55. The fourth-order valence-corrected chi connectivity index (χ4v) is 2.32. The lowest BCUT2D eigenvalue weighted by Crippen LogP contribution is -2.46. The SMILES string of the molecule is O=C(O)CCCN1CCN(c2ccccc2)CC1. The number of anilines is 1. The van der Waals surface area contributed by atoms with Crippen LogP contribution >= 0.6 is 0 Å². The first-order valence-corrected chi connectivity index (χ1v) is 6.50. The van der Waals surface area contributed by atoms with E-state index in [1.165, 1.54) is 5.69 Å². The van der Waals surface area contributed by atoms with Gasteiger partial charge in [0.15, 0.2) is 0 Å². The zero-order chi connectivity index (χ0) is 12.8. The van der Waals surface area contributed by atoms with Crippen molar-refractivity contribution in [1.29, 1.82) is 0 Å². The van der Waals surface area contributed by atoms with E-state index in [0.717, 1.165) is 39.1 Å². The standard InChI is InChI=1S/C14H20N2O2/c17-14(18)7-4-8-15-9-11-16(12-10-15)13-5-2-1-3-6-13/h1-3,5-6H,4,7-12H2,(H,17,18). The minimum absolute atomic E-state index is 0.277. The maximum Gasteiger partial charge on any atom is 0.303 e. The van der Waals surface area contributed by atoms with Crippen LogP contribution in [-0.4, -0.2) is 48.7 Å². The summed E-state index contributed by atoms with van der Waals surface area (Å²) in [5.74, 6) is -0.696. The molecule has 0 radical (unpaired) electrons. The van der Waals surface area contributed by atoms with Crippen LogP contribution in [0, 0.1) is 0 Å². The van der Waals surface area contributed by atoms with Crippen molar-refractivity contribution in [3.8, 4) is 0 Å². The average molecular weight is 248 g/mol. The minimum Gasteiger partial charge on any atom is -0.481 e. The van der Waals surface area contributed by atoms with E-state index in [1.54, 1.807) is 0 Å². The van der Waals surface area contributed by atoms with Crippen LogP contribution in [0.4, 0.5) is 5.69 Å². The molecule has 1 saturated heterocycles. The zero-order valence-electron chi connectivity index (χ0n) is 10.6. The third-order valence-corrected chi connectivity index (χ3v) is 3.36. The summed E-state index contributed by atoms with van der Waals surface area (Å²) in [7, 11) is 0. The quantitative estimate of drug-likeness (QED) is 0.861. The molecule has 0 aliphatic carbocycles. The largest absolute Gasteiger partial charge is 0.481 e. The molecule has 1 aromatic rings. The van der Waals surface area contributed by atoms with Gasteiger partial charge in [0.25, 0.3) is 0 Å². The topological polar surface area (TPSA) is 43.8 Å². The fraction of sp³-hybridized carbons (Fsp3) is 0.500. The van der Waals surface area contributed by atoms with Gasteiger partial charge in [-0.15, -0.1) is 0 Å². The lowest BCUT2D eigenvalue weighted by Gasteiger charge is -2.36. The van der Waals surface area contributed by atoms with Gasteiger partial charge in [-0.25, -0.2) is 0 Å². The first-order valence-electron chi connectivity index (χ1n) is 6.50. The number of aliphatic carboxylic acids is 1. The first kappa shape index (κ1) is 12.9. The Kier molecular flexibility index (Phi) is 4.59. The smallest absolute Gasteiger partial charge is 0.303 e. The fourth-order valence-electron chi connectivity index (χ4n) is 2.32. The molecule has 1 aliphatic rings. The molecular formula is C14H20N2O2. The lowest BCUT2D eigenvalue weighted by atomic mass is 10.2. The highest BCUT2D eigenvalue weighted by Crippen LogP contribution is 2.15. The maximum atomic E-state index is 10.5. The van der Waals surface area contributed by atoms with Gasteiger partial charge in [0.1, 0.15) is 0 Å². The van der Waals surface area contributed by atoms with Gasteiger partial charge in [-0.05, 0) is 25.1 Å². The Morgan fingerprint density at radius 3 is 2.39 bits per heavy atom. The molecule has 98 valence electrons. The number of carbonyl (C=O) groups is 1. The highest BCUT2D eigenvalue weighted by molar-refractivity contribution is 5.66. The summed E-state index contributed by atoms with van der Waals surface area (Å²) >= 11 is 0. The van der Waals surface area contributed by atoms with E-state index in [4.69, 9.17) is 5.11 Å². The Labute approximate surface area is 108 Å². The Balaban J connectivity index is 1.73. The molecule has 1 aromatic carbocycles. The summed E-state index contributed by atoms with van der Waals surface area (Å²) in [5.41, 5.74) is 1.28.